The maximum Gasteiger partial charge on any atom is 0.271 e. The van der Waals surface area contributed by atoms with E-state index in [-0.39, 0.29) is 30.0 Å². The fourth-order valence-corrected chi connectivity index (χ4v) is 6.18. The molecule has 11 nitrogen and oxygen atoms in total. The number of para-hydroxylation sites is 1. The quantitative estimate of drug-likeness (QED) is 0.120. The number of benzene rings is 2. The molecule has 4 atom stereocenters. The summed E-state index contributed by atoms with van der Waals surface area (Å²) >= 11 is 0. The van der Waals surface area contributed by atoms with Crippen LogP contribution in [-0.4, -0.2) is 61.5 Å². The minimum atomic E-state index is -1.17. The van der Waals surface area contributed by atoms with Crippen molar-refractivity contribution in [2.24, 2.45) is 17.8 Å². The van der Waals surface area contributed by atoms with Crippen LogP contribution in [-0.2, 0) is 9.59 Å². The van der Waals surface area contributed by atoms with Gasteiger partial charge in [-0.2, -0.15) is 0 Å². The van der Waals surface area contributed by atoms with Gasteiger partial charge < -0.3 is 20.4 Å². The summed E-state index contributed by atoms with van der Waals surface area (Å²) < 4.78 is 0. The summed E-state index contributed by atoms with van der Waals surface area (Å²) in [5.41, 5.74) is 2.40. The zero-order valence-corrected chi connectivity index (χ0v) is 23.1. The number of carbonyl (C=O) groups is 2. The van der Waals surface area contributed by atoms with Crippen molar-refractivity contribution in [1.82, 2.24) is 4.98 Å². The van der Waals surface area contributed by atoms with Gasteiger partial charge in [0.1, 0.15) is 5.75 Å². The van der Waals surface area contributed by atoms with Gasteiger partial charge in [0.2, 0.25) is 11.8 Å². The number of nitro benzene ring substituents is 1. The number of imide groups is 1. The fraction of sp³-hybridized carbons (Fsp3) is 0.281. The number of hydrogen-bond acceptors (Lipinski definition) is 9. The number of aliphatic hydroxyl groups is 3. The number of non-ortho nitro benzene ring substituents is 1. The van der Waals surface area contributed by atoms with Gasteiger partial charge in [0.05, 0.1) is 47.5 Å². The second kappa shape index (κ2) is 12.7. The Morgan fingerprint density at radius 2 is 1.84 bits per heavy atom. The molecule has 3 aromatic rings. The number of allylic oxidation sites excluding steroid dienone is 1. The molecule has 11 heteroatoms. The Morgan fingerprint density at radius 3 is 2.51 bits per heavy atom. The first-order chi connectivity index (χ1) is 20.7. The molecule has 1 aliphatic carbocycles. The zero-order valence-electron chi connectivity index (χ0n) is 23.1. The summed E-state index contributed by atoms with van der Waals surface area (Å²) in [5.74, 6) is -3.97. The number of carbonyl (C=O) groups excluding carboxylic acids is 2. The molecule has 0 bridgehead atoms. The Labute approximate surface area is 247 Å². The van der Waals surface area contributed by atoms with Crippen LogP contribution in [0.3, 0.4) is 0 Å². The molecule has 1 aliphatic heterocycles. The van der Waals surface area contributed by atoms with Crippen molar-refractivity contribution in [3.05, 3.63) is 105 Å². The number of amides is 2. The highest BCUT2D eigenvalue weighted by atomic mass is 16.6. The minimum Gasteiger partial charge on any atom is -0.507 e. The third kappa shape index (κ3) is 5.82. The van der Waals surface area contributed by atoms with Crippen LogP contribution in [0.25, 0.3) is 11.6 Å². The van der Waals surface area contributed by atoms with Gasteiger partial charge >= 0.3 is 0 Å². The average Bonchev–Trinajstić information content (AvgIpc) is 3.28. The van der Waals surface area contributed by atoms with Crippen molar-refractivity contribution in [2.45, 2.75) is 25.4 Å². The van der Waals surface area contributed by atoms with E-state index in [4.69, 9.17) is 0 Å². The van der Waals surface area contributed by atoms with Gasteiger partial charge in [0, 0.05) is 29.8 Å². The van der Waals surface area contributed by atoms with E-state index in [1.807, 2.05) is 12.1 Å². The van der Waals surface area contributed by atoms with Crippen LogP contribution in [0.5, 0.6) is 5.75 Å². The van der Waals surface area contributed by atoms with Crippen molar-refractivity contribution in [2.75, 3.05) is 18.1 Å². The lowest BCUT2D eigenvalue weighted by atomic mass is 9.68. The topological polar surface area (TPSA) is 174 Å². The molecule has 5 rings (SSSR count). The van der Waals surface area contributed by atoms with Crippen LogP contribution in [0.15, 0.2) is 84.1 Å². The molecule has 0 spiro atoms. The lowest BCUT2D eigenvalue weighted by molar-refractivity contribution is -0.384. The predicted molar refractivity (Wildman–Crippen MR) is 157 cm³/mol. The third-order valence-electron chi connectivity index (χ3n) is 8.18. The molecular weight excluding hydrogens is 554 g/mol. The molecule has 1 saturated heterocycles. The molecule has 2 heterocycles. The molecule has 2 aliphatic rings. The third-order valence-corrected chi connectivity index (χ3v) is 8.18. The van der Waals surface area contributed by atoms with E-state index in [0.29, 0.717) is 28.8 Å². The monoisotopic (exact) mass is 585 g/mol. The molecule has 2 aromatic carbocycles. The largest absolute Gasteiger partial charge is 0.507 e. The van der Waals surface area contributed by atoms with E-state index < -0.39 is 53.8 Å². The summed E-state index contributed by atoms with van der Waals surface area (Å²) in [5, 5.41) is 53.9. The van der Waals surface area contributed by atoms with E-state index in [9.17, 15) is 40.1 Å². The second-order valence-corrected chi connectivity index (χ2v) is 10.6. The van der Waals surface area contributed by atoms with E-state index in [0.717, 1.165) is 16.5 Å². The zero-order chi connectivity index (χ0) is 30.7. The first kappa shape index (κ1) is 29.8. The van der Waals surface area contributed by atoms with Gasteiger partial charge in [-0.3, -0.25) is 24.7 Å². The van der Waals surface area contributed by atoms with E-state index in [1.54, 1.807) is 42.6 Å². The number of fused-ring (bicyclic) bond motifs is 1. The van der Waals surface area contributed by atoms with E-state index in [2.05, 4.69) is 4.98 Å². The predicted octanol–water partition coefficient (Wildman–Crippen LogP) is 3.48. The first-order valence-electron chi connectivity index (χ1n) is 13.9. The van der Waals surface area contributed by atoms with Crippen molar-refractivity contribution >= 4 is 34.8 Å². The maximum absolute atomic E-state index is 13.7. The van der Waals surface area contributed by atoms with Crippen LogP contribution in [0, 0.1) is 27.9 Å². The number of aromatic nitrogens is 1. The second-order valence-electron chi connectivity index (χ2n) is 10.6. The lowest BCUT2D eigenvalue weighted by Gasteiger charge is -2.36. The number of aromatic hydroxyl groups is 1. The van der Waals surface area contributed by atoms with Gasteiger partial charge in [-0.05, 0) is 66.3 Å². The number of pyridine rings is 1. The van der Waals surface area contributed by atoms with Crippen LogP contribution in [0.2, 0.25) is 0 Å². The SMILES string of the molecule is O=C1[C@@H]2[C@@H](CC(CO)=C([C@H](O)CC/C(=C/c3ccccc3O)c3ccccn3)[C@@H]2CO)C(=O)N1c1cccc([N+](=O)[O-])c1. The number of phenolic OH excluding ortho intramolecular Hbond substituents is 1. The molecule has 43 heavy (non-hydrogen) atoms. The number of aliphatic hydroxyl groups excluding tert-OH is 3. The Morgan fingerprint density at radius 1 is 1.07 bits per heavy atom. The van der Waals surface area contributed by atoms with Gasteiger partial charge in [-0.25, -0.2) is 4.90 Å². The first-order valence-corrected chi connectivity index (χ1v) is 13.9. The van der Waals surface area contributed by atoms with Crippen LogP contribution in [0.1, 0.15) is 30.5 Å². The highest BCUT2D eigenvalue weighted by molar-refractivity contribution is 6.22. The minimum absolute atomic E-state index is 0.000878. The molecule has 1 fully saturated rings. The van der Waals surface area contributed by atoms with Gasteiger partial charge in [-0.1, -0.05) is 30.3 Å². The lowest BCUT2D eigenvalue weighted by Crippen LogP contribution is -2.39. The standard InChI is InChI=1S/C32H31N3O8/c36-17-21-15-24-30(32(41)34(31(24)40)22-7-5-8-23(16-22)35(42)43)25(18-37)29(21)28(39)12-11-19(26-9-3-4-13-33-26)14-20-6-1-2-10-27(20)38/h1-10,13-14,16,24-25,28,30,36-39H,11-12,15,17-18H2/b19-14-/t24-,25+,28-,30-/m1/s1. The number of rotatable bonds is 10. The molecule has 0 unspecified atom stereocenters. The maximum atomic E-state index is 13.7. The smallest absolute Gasteiger partial charge is 0.271 e. The van der Waals surface area contributed by atoms with Crippen molar-refractivity contribution in [1.29, 1.82) is 0 Å². The van der Waals surface area contributed by atoms with Gasteiger partial charge in [0.15, 0.2) is 0 Å². The number of nitrogens with zero attached hydrogens (tertiary/aromatic N) is 3. The normalized spacial score (nSPS) is 21.2. The van der Waals surface area contributed by atoms with Crippen molar-refractivity contribution in [3.8, 4) is 5.75 Å². The Kier molecular flexibility index (Phi) is 8.76. The van der Waals surface area contributed by atoms with Crippen LogP contribution in [0.4, 0.5) is 11.4 Å². The van der Waals surface area contributed by atoms with Gasteiger partial charge in [-0.15, -0.1) is 0 Å². The average molecular weight is 586 g/mol. The van der Waals surface area contributed by atoms with Crippen molar-refractivity contribution in [3.63, 3.8) is 0 Å². The number of phenols is 1. The Hall–Kier alpha value is -4.71. The molecule has 4 N–H and O–H groups in total. The number of anilines is 1. The van der Waals surface area contributed by atoms with Crippen LogP contribution >= 0.6 is 0 Å². The molecule has 0 saturated carbocycles. The van der Waals surface area contributed by atoms with Gasteiger partial charge in [0.25, 0.3) is 5.69 Å². The fourth-order valence-electron chi connectivity index (χ4n) is 6.18. The molecule has 0 radical (unpaired) electrons. The Bertz CT molecular complexity index is 1600. The summed E-state index contributed by atoms with van der Waals surface area (Å²) in [4.78, 5) is 43.1. The summed E-state index contributed by atoms with van der Waals surface area (Å²) in [7, 11) is 0. The van der Waals surface area contributed by atoms with E-state index in [1.165, 1.54) is 18.2 Å². The molecule has 2 amide bonds. The van der Waals surface area contributed by atoms with E-state index >= 15 is 0 Å². The molecule has 222 valence electrons. The summed E-state index contributed by atoms with van der Waals surface area (Å²) in [6, 6.07) is 17.4. The van der Waals surface area contributed by atoms with Crippen LogP contribution < -0.4 is 4.90 Å². The molecular formula is C32H31N3O8. The summed E-state index contributed by atoms with van der Waals surface area (Å²) in [6.07, 6.45) is 2.68. The molecule has 1 aromatic heterocycles. The Balaban J connectivity index is 1.44. The number of nitro groups is 1. The summed E-state index contributed by atoms with van der Waals surface area (Å²) in [6.45, 7) is -1.04. The highest BCUT2D eigenvalue weighted by Gasteiger charge is 2.55. The van der Waals surface area contributed by atoms with Crippen molar-refractivity contribution < 1.29 is 34.9 Å². The number of hydrogen-bond donors (Lipinski definition) is 4. The highest BCUT2D eigenvalue weighted by Crippen LogP contribution is 2.47.